The molecule has 5 rings (SSSR count). The molecule has 3 aliphatic heterocycles. The van der Waals surface area contributed by atoms with Gasteiger partial charge in [-0.2, -0.15) is 5.26 Å². The molecule has 1 amide bonds. The van der Waals surface area contributed by atoms with Crippen molar-refractivity contribution >= 4 is 40.3 Å². The zero-order valence-corrected chi connectivity index (χ0v) is 19.2. The van der Waals surface area contributed by atoms with E-state index in [-0.39, 0.29) is 17.7 Å². The number of fused-ring (bicyclic) bond motifs is 1. The minimum Gasteiger partial charge on any atom is -0.370 e. The minimum atomic E-state index is -0.00457. The molecule has 0 saturated carbocycles. The first-order valence-corrected chi connectivity index (χ1v) is 11.6. The molecule has 0 radical (unpaired) electrons. The number of aliphatic imine (C=N–C) groups is 1. The van der Waals surface area contributed by atoms with Crippen LogP contribution in [0.3, 0.4) is 0 Å². The normalized spacial score (nSPS) is 22.9. The Labute approximate surface area is 193 Å². The molecule has 0 bridgehead atoms. The molecule has 2 aromatic rings. The fourth-order valence-corrected chi connectivity index (χ4v) is 5.52. The zero-order valence-electron chi connectivity index (χ0n) is 18.4. The molecule has 1 saturated heterocycles. The number of nitriles is 1. The van der Waals surface area contributed by atoms with Crippen molar-refractivity contribution in [3.8, 4) is 6.07 Å². The molecule has 1 aromatic heterocycles. The number of nitrogens with zero attached hydrogens (tertiary/aromatic N) is 5. The van der Waals surface area contributed by atoms with Crippen molar-refractivity contribution in [2.24, 2.45) is 16.8 Å². The molecule has 32 heavy (non-hydrogen) atoms. The van der Waals surface area contributed by atoms with Gasteiger partial charge in [0.15, 0.2) is 0 Å². The number of carbonyl (C=O) groups is 1. The second kappa shape index (κ2) is 8.22. The average molecular weight is 448 g/mol. The van der Waals surface area contributed by atoms with Crippen molar-refractivity contribution in [2.45, 2.75) is 26.7 Å². The standard InChI is InChI=1S/C25H26ClN5O/c1-15-13-30(24-21-9-19(26)3-4-23(21)29-16(2)22(24)10-27)8-6-20(15)25(32)31-7-5-17-11-28-12-18(17)14-31/h3-4,9,12,15,20H,5-8,11,13-14H2,1-2H3/t15-,20+/m1/s1. The Morgan fingerprint density at radius 1 is 1.31 bits per heavy atom. The molecule has 2 atom stereocenters. The van der Waals surface area contributed by atoms with Gasteiger partial charge in [-0.05, 0) is 55.0 Å². The molecule has 1 fully saturated rings. The Morgan fingerprint density at radius 2 is 2.16 bits per heavy atom. The molecule has 164 valence electrons. The molecular formula is C25H26ClN5O. The first-order valence-electron chi connectivity index (χ1n) is 11.2. The third-order valence-electron chi connectivity index (χ3n) is 7.09. The lowest BCUT2D eigenvalue weighted by Gasteiger charge is -2.41. The number of rotatable bonds is 2. The Morgan fingerprint density at radius 3 is 2.94 bits per heavy atom. The molecule has 1 aromatic carbocycles. The monoisotopic (exact) mass is 447 g/mol. The summed E-state index contributed by atoms with van der Waals surface area (Å²) in [5, 5.41) is 11.4. The van der Waals surface area contributed by atoms with Crippen LogP contribution in [0.5, 0.6) is 0 Å². The van der Waals surface area contributed by atoms with Crippen LogP contribution in [-0.2, 0) is 4.79 Å². The van der Waals surface area contributed by atoms with E-state index in [0.29, 0.717) is 17.1 Å². The summed E-state index contributed by atoms with van der Waals surface area (Å²) in [6, 6.07) is 7.98. The van der Waals surface area contributed by atoms with Gasteiger partial charge >= 0.3 is 0 Å². The number of hydrogen-bond acceptors (Lipinski definition) is 5. The van der Waals surface area contributed by atoms with Gasteiger partial charge < -0.3 is 9.80 Å². The van der Waals surface area contributed by atoms with E-state index in [9.17, 15) is 10.1 Å². The average Bonchev–Trinajstić information content (AvgIpc) is 3.26. The van der Waals surface area contributed by atoms with E-state index in [0.717, 1.165) is 61.3 Å². The number of amides is 1. The van der Waals surface area contributed by atoms with Crippen LogP contribution < -0.4 is 4.90 Å². The lowest BCUT2D eigenvalue weighted by Crippen LogP contribution is -2.48. The van der Waals surface area contributed by atoms with Crippen molar-refractivity contribution in [1.29, 1.82) is 5.26 Å². The van der Waals surface area contributed by atoms with Gasteiger partial charge in [-0.15, -0.1) is 0 Å². The van der Waals surface area contributed by atoms with Gasteiger partial charge in [0.1, 0.15) is 6.07 Å². The van der Waals surface area contributed by atoms with Gasteiger partial charge in [-0.25, -0.2) is 0 Å². The van der Waals surface area contributed by atoms with E-state index in [2.05, 4.69) is 27.9 Å². The Bertz CT molecular complexity index is 1210. The fourth-order valence-electron chi connectivity index (χ4n) is 5.34. The Balaban J connectivity index is 1.40. The van der Waals surface area contributed by atoms with E-state index < -0.39 is 0 Å². The highest BCUT2D eigenvalue weighted by atomic mass is 35.5. The van der Waals surface area contributed by atoms with E-state index in [1.165, 1.54) is 11.1 Å². The van der Waals surface area contributed by atoms with Crippen molar-refractivity contribution in [2.75, 3.05) is 37.6 Å². The maximum absolute atomic E-state index is 13.4. The quantitative estimate of drug-likeness (QED) is 0.693. The number of aromatic nitrogens is 1. The van der Waals surface area contributed by atoms with Crippen LogP contribution in [0, 0.1) is 30.1 Å². The molecule has 0 N–H and O–H groups in total. The summed E-state index contributed by atoms with van der Waals surface area (Å²) in [7, 11) is 0. The van der Waals surface area contributed by atoms with Crippen molar-refractivity contribution in [3.05, 3.63) is 45.6 Å². The van der Waals surface area contributed by atoms with Crippen LogP contribution in [-0.4, -0.2) is 54.7 Å². The van der Waals surface area contributed by atoms with Crippen LogP contribution in [0.15, 0.2) is 34.3 Å². The third-order valence-corrected chi connectivity index (χ3v) is 7.33. The van der Waals surface area contributed by atoms with Crippen LogP contribution in [0.2, 0.25) is 5.02 Å². The first-order chi connectivity index (χ1) is 15.5. The van der Waals surface area contributed by atoms with Gasteiger partial charge in [0.05, 0.1) is 29.0 Å². The van der Waals surface area contributed by atoms with E-state index in [1.807, 2.05) is 36.2 Å². The van der Waals surface area contributed by atoms with E-state index >= 15 is 0 Å². The first kappa shape index (κ1) is 21.0. The summed E-state index contributed by atoms with van der Waals surface area (Å²) in [4.78, 5) is 26.6. The van der Waals surface area contributed by atoms with Crippen molar-refractivity contribution in [1.82, 2.24) is 9.88 Å². The Kier molecular flexibility index (Phi) is 5.38. The number of anilines is 1. The van der Waals surface area contributed by atoms with Crippen LogP contribution >= 0.6 is 11.6 Å². The molecule has 3 aliphatic rings. The smallest absolute Gasteiger partial charge is 0.226 e. The highest BCUT2D eigenvalue weighted by molar-refractivity contribution is 6.31. The second-order valence-corrected chi connectivity index (χ2v) is 9.56. The lowest BCUT2D eigenvalue weighted by atomic mass is 9.84. The molecule has 0 spiro atoms. The maximum Gasteiger partial charge on any atom is 0.226 e. The number of aryl methyl sites for hydroxylation is 1. The number of benzene rings is 1. The van der Waals surface area contributed by atoms with Crippen LogP contribution in [0.25, 0.3) is 10.9 Å². The lowest BCUT2D eigenvalue weighted by molar-refractivity contribution is -0.137. The highest BCUT2D eigenvalue weighted by Gasteiger charge is 2.36. The van der Waals surface area contributed by atoms with Crippen LogP contribution in [0.1, 0.15) is 31.0 Å². The van der Waals surface area contributed by atoms with Gasteiger partial charge in [-0.3, -0.25) is 14.8 Å². The maximum atomic E-state index is 13.4. The van der Waals surface area contributed by atoms with Crippen molar-refractivity contribution in [3.63, 3.8) is 0 Å². The Hall–Kier alpha value is -2.91. The third kappa shape index (κ3) is 3.55. The largest absolute Gasteiger partial charge is 0.370 e. The van der Waals surface area contributed by atoms with Gasteiger partial charge in [0, 0.05) is 48.7 Å². The second-order valence-electron chi connectivity index (χ2n) is 9.12. The molecule has 7 heteroatoms. The molecular weight excluding hydrogens is 422 g/mol. The van der Waals surface area contributed by atoms with Crippen LogP contribution in [0.4, 0.5) is 5.69 Å². The SMILES string of the molecule is Cc1nc2ccc(Cl)cc2c(N2CC[C@H](C(=O)N3CCC4=C(C=NC4)C3)[C@H](C)C2)c1C#N. The number of pyridine rings is 1. The fraction of sp³-hybridized carbons (Fsp3) is 0.440. The minimum absolute atomic E-state index is 0.00457. The van der Waals surface area contributed by atoms with Gasteiger partial charge in [0.25, 0.3) is 0 Å². The van der Waals surface area contributed by atoms with Crippen molar-refractivity contribution < 1.29 is 4.79 Å². The molecule has 0 unspecified atom stereocenters. The summed E-state index contributed by atoms with van der Waals surface area (Å²) in [6.45, 7) is 7.76. The number of piperidine rings is 1. The number of carbonyl (C=O) groups excluding carboxylic acids is 1. The summed E-state index contributed by atoms with van der Waals surface area (Å²) in [5.41, 5.74) is 5.66. The molecule has 6 nitrogen and oxygen atoms in total. The predicted molar refractivity (Wildman–Crippen MR) is 127 cm³/mol. The summed E-state index contributed by atoms with van der Waals surface area (Å²) in [5.74, 6) is 0.427. The topological polar surface area (TPSA) is 72.6 Å². The molecule has 4 heterocycles. The predicted octanol–water partition coefficient (Wildman–Crippen LogP) is 4.14. The van der Waals surface area contributed by atoms with E-state index in [1.54, 1.807) is 0 Å². The number of halogens is 1. The number of hydrogen-bond donors (Lipinski definition) is 0. The molecule has 0 aliphatic carbocycles. The highest BCUT2D eigenvalue weighted by Crippen LogP contribution is 2.37. The van der Waals surface area contributed by atoms with Gasteiger partial charge in [-0.1, -0.05) is 18.5 Å². The van der Waals surface area contributed by atoms with E-state index in [4.69, 9.17) is 11.6 Å². The summed E-state index contributed by atoms with van der Waals surface area (Å²) in [6.07, 6.45) is 3.64. The summed E-state index contributed by atoms with van der Waals surface area (Å²) < 4.78 is 0. The van der Waals surface area contributed by atoms with Gasteiger partial charge in [0.2, 0.25) is 5.91 Å². The summed E-state index contributed by atoms with van der Waals surface area (Å²) >= 11 is 6.29. The zero-order chi connectivity index (χ0) is 22.4.